The van der Waals surface area contributed by atoms with E-state index in [1.165, 1.54) is 69.2 Å². The van der Waals surface area contributed by atoms with Gasteiger partial charge in [0, 0.05) is 6.04 Å². The van der Waals surface area contributed by atoms with Crippen LogP contribution in [-0.4, -0.2) is 24.0 Å². The minimum Gasteiger partial charge on any atom is -0.300 e. The molecule has 1 nitrogen and oxygen atoms in total. The number of halogens is 1. The predicted octanol–water partition coefficient (Wildman–Crippen LogP) is 4.89. The van der Waals surface area contributed by atoms with Crippen molar-refractivity contribution < 1.29 is 4.39 Å². The van der Waals surface area contributed by atoms with E-state index in [0.717, 1.165) is 17.9 Å². The molecule has 120 valence electrons. The van der Waals surface area contributed by atoms with Crippen molar-refractivity contribution in [2.24, 2.45) is 11.8 Å². The number of fused-ring (bicyclic) bond motifs is 2. The van der Waals surface area contributed by atoms with Gasteiger partial charge >= 0.3 is 0 Å². The monoisotopic (exact) mass is 301 g/mol. The molecule has 2 atom stereocenters. The van der Waals surface area contributed by atoms with E-state index >= 15 is 0 Å². The summed E-state index contributed by atoms with van der Waals surface area (Å²) >= 11 is 0. The third-order valence-corrected chi connectivity index (χ3v) is 6.59. The molecular formula is C20H28FN. The number of likely N-dealkylation sites (tertiary alicyclic amines) is 1. The molecule has 0 radical (unpaired) electrons. The van der Waals surface area contributed by atoms with Gasteiger partial charge in [0.25, 0.3) is 0 Å². The summed E-state index contributed by atoms with van der Waals surface area (Å²) in [7, 11) is 0. The number of hydrogen-bond acceptors (Lipinski definition) is 1. The Morgan fingerprint density at radius 2 is 1.64 bits per heavy atom. The number of rotatable bonds is 2. The molecule has 0 spiro atoms. The van der Waals surface area contributed by atoms with E-state index in [2.05, 4.69) is 11.8 Å². The van der Waals surface area contributed by atoms with Gasteiger partial charge in [-0.25, -0.2) is 4.39 Å². The van der Waals surface area contributed by atoms with Crippen molar-refractivity contribution >= 4 is 0 Å². The lowest BCUT2D eigenvalue weighted by Gasteiger charge is -2.41. The van der Waals surface area contributed by atoms with E-state index in [1.54, 1.807) is 12.1 Å². The van der Waals surface area contributed by atoms with Crippen molar-refractivity contribution in [2.45, 2.75) is 63.8 Å². The first-order valence-electron chi connectivity index (χ1n) is 9.19. The maximum absolute atomic E-state index is 13.6. The molecule has 0 aromatic heterocycles. The fourth-order valence-electron chi connectivity index (χ4n) is 5.40. The van der Waals surface area contributed by atoms with Crippen molar-refractivity contribution in [3.8, 4) is 0 Å². The van der Waals surface area contributed by atoms with Crippen molar-refractivity contribution in [3.63, 3.8) is 0 Å². The fraction of sp³-hybridized carbons (Fsp3) is 0.700. The lowest BCUT2D eigenvalue weighted by atomic mass is 9.82. The zero-order chi connectivity index (χ0) is 15.1. The van der Waals surface area contributed by atoms with Crippen LogP contribution in [0.5, 0.6) is 0 Å². The molecule has 0 N–H and O–H groups in total. The Morgan fingerprint density at radius 1 is 0.955 bits per heavy atom. The van der Waals surface area contributed by atoms with Crippen molar-refractivity contribution in [2.75, 3.05) is 13.1 Å². The maximum Gasteiger partial charge on any atom is 0.123 e. The second kappa shape index (κ2) is 5.96. The van der Waals surface area contributed by atoms with Gasteiger partial charge in [0.05, 0.1) is 0 Å². The van der Waals surface area contributed by atoms with Crippen LogP contribution < -0.4 is 0 Å². The normalized spacial score (nSPS) is 33.3. The number of piperidine rings is 1. The molecule has 1 heterocycles. The van der Waals surface area contributed by atoms with Crippen molar-refractivity contribution in [1.82, 2.24) is 4.90 Å². The predicted molar refractivity (Wildman–Crippen MR) is 88.5 cm³/mol. The third kappa shape index (κ3) is 2.82. The Labute approximate surface area is 133 Å². The average Bonchev–Trinajstić information content (AvgIpc) is 2.88. The summed E-state index contributed by atoms with van der Waals surface area (Å²) in [6.07, 6.45) is 9.78. The number of nitrogens with zero attached hydrogens (tertiary/aromatic N) is 1. The maximum atomic E-state index is 13.6. The van der Waals surface area contributed by atoms with Gasteiger partial charge in [-0.2, -0.15) is 0 Å². The fourth-order valence-corrected chi connectivity index (χ4v) is 5.40. The lowest BCUT2D eigenvalue weighted by Crippen LogP contribution is -2.43. The Kier molecular flexibility index (Phi) is 3.98. The SMILES string of the molecule is Cc1ccc(F)cc1C1CCN(C2C[C@H]3CC[C@H](C2)C3)CC1. The van der Waals surface area contributed by atoms with E-state index in [4.69, 9.17) is 0 Å². The number of hydrogen-bond donors (Lipinski definition) is 0. The summed E-state index contributed by atoms with van der Waals surface area (Å²) in [6.45, 7) is 4.55. The second-order valence-corrected chi connectivity index (χ2v) is 7.98. The van der Waals surface area contributed by atoms with Gasteiger partial charge in [0.15, 0.2) is 0 Å². The zero-order valence-corrected chi connectivity index (χ0v) is 13.7. The van der Waals surface area contributed by atoms with Gasteiger partial charge in [0.2, 0.25) is 0 Å². The summed E-state index contributed by atoms with van der Waals surface area (Å²) in [5, 5.41) is 0. The Bertz CT molecular complexity index is 521. The van der Waals surface area contributed by atoms with Crippen molar-refractivity contribution in [1.29, 1.82) is 0 Å². The zero-order valence-electron chi connectivity index (χ0n) is 13.7. The van der Waals surface area contributed by atoms with Crippen molar-refractivity contribution in [3.05, 3.63) is 35.1 Å². The quantitative estimate of drug-likeness (QED) is 0.751. The first-order valence-corrected chi connectivity index (χ1v) is 9.19. The topological polar surface area (TPSA) is 3.24 Å². The van der Waals surface area contributed by atoms with Crippen LogP contribution in [0.2, 0.25) is 0 Å². The molecule has 0 amide bonds. The molecule has 1 saturated heterocycles. The molecule has 2 bridgehead atoms. The Balaban J connectivity index is 1.39. The van der Waals surface area contributed by atoms with Crippen LogP contribution in [0.3, 0.4) is 0 Å². The molecule has 2 saturated carbocycles. The average molecular weight is 301 g/mol. The molecule has 1 aromatic rings. The highest BCUT2D eigenvalue weighted by Gasteiger charge is 2.37. The smallest absolute Gasteiger partial charge is 0.123 e. The number of aryl methyl sites for hydroxylation is 1. The summed E-state index contributed by atoms with van der Waals surface area (Å²) in [4.78, 5) is 2.76. The van der Waals surface area contributed by atoms with Gasteiger partial charge in [-0.05, 0) is 93.1 Å². The van der Waals surface area contributed by atoms with E-state index in [-0.39, 0.29) is 5.82 Å². The largest absolute Gasteiger partial charge is 0.300 e. The Morgan fingerprint density at radius 3 is 2.32 bits per heavy atom. The van der Waals surface area contributed by atoms with Gasteiger partial charge in [-0.15, -0.1) is 0 Å². The summed E-state index contributed by atoms with van der Waals surface area (Å²) in [5.74, 6) is 2.53. The molecule has 2 heteroatoms. The summed E-state index contributed by atoms with van der Waals surface area (Å²) in [5.41, 5.74) is 2.51. The van der Waals surface area contributed by atoms with Gasteiger partial charge in [-0.1, -0.05) is 18.9 Å². The highest BCUT2D eigenvalue weighted by Crippen LogP contribution is 2.44. The van der Waals surface area contributed by atoms with Crippen LogP contribution >= 0.6 is 0 Å². The molecule has 1 aliphatic heterocycles. The van der Waals surface area contributed by atoms with Crippen LogP contribution in [0.25, 0.3) is 0 Å². The molecule has 4 rings (SSSR count). The van der Waals surface area contributed by atoms with E-state index in [1.807, 2.05) is 6.07 Å². The van der Waals surface area contributed by atoms with Crippen LogP contribution in [-0.2, 0) is 0 Å². The van der Waals surface area contributed by atoms with Crippen LogP contribution in [0.15, 0.2) is 18.2 Å². The first-order chi connectivity index (χ1) is 10.7. The number of benzene rings is 1. The molecule has 3 fully saturated rings. The highest BCUT2D eigenvalue weighted by atomic mass is 19.1. The van der Waals surface area contributed by atoms with Gasteiger partial charge in [0.1, 0.15) is 5.82 Å². The summed E-state index contributed by atoms with van der Waals surface area (Å²) < 4.78 is 13.6. The molecule has 0 unspecified atom stereocenters. The lowest BCUT2D eigenvalue weighted by molar-refractivity contribution is 0.0983. The third-order valence-electron chi connectivity index (χ3n) is 6.59. The molecule has 1 aromatic carbocycles. The molecule has 22 heavy (non-hydrogen) atoms. The molecule has 3 aliphatic rings. The van der Waals surface area contributed by atoms with Crippen LogP contribution in [0.4, 0.5) is 4.39 Å². The first kappa shape index (κ1) is 14.7. The standard InChI is InChI=1S/C20H28FN/c1-14-2-5-18(21)13-20(14)17-6-8-22(9-7-17)19-11-15-3-4-16(10-15)12-19/h2,5,13,15-17,19H,3-4,6-12H2,1H3/t15-,16-/m0/s1. The van der Waals surface area contributed by atoms with Crippen LogP contribution in [0, 0.1) is 24.6 Å². The highest BCUT2D eigenvalue weighted by molar-refractivity contribution is 5.30. The van der Waals surface area contributed by atoms with E-state index in [0.29, 0.717) is 5.92 Å². The minimum absolute atomic E-state index is 0.0770. The molecular weight excluding hydrogens is 273 g/mol. The van der Waals surface area contributed by atoms with Gasteiger partial charge < -0.3 is 4.90 Å². The molecule has 2 aliphatic carbocycles. The van der Waals surface area contributed by atoms with E-state index < -0.39 is 0 Å². The Hall–Kier alpha value is -0.890. The minimum atomic E-state index is -0.0770. The van der Waals surface area contributed by atoms with Gasteiger partial charge in [-0.3, -0.25) is 0 Å². The van der Waals surface area contributed by atoms with Crippen LogP contribution in [0.1, 0.15) is 62.0 Å². The van der Waals surface area contributed by atoms with E-state index in [9.17, 15) is 4.39 Å². The summed E-state index contributed by atoms with van der Waals surface area (Å²) in [6, 6.07) is 6.15. The second-order valence-electron chi connectivity index (χ2n) is 7.98.